The number of nitrogens with zero attached hydrogens (tertiary/aromatic N) is 3. The van der Waals surface area contributed by atoms with Crippen molar-refractivity contribution in [3.05, 3.63) is 227 Å². The van der Waals surface area contributed by atoms with E-state index in [9.17, 15) is 0 Å². The Hall–Kier alpha value is -7.69. The van der Waals surface area contributed by atoms with Gasteiger partial charge in [-0.25, -0.2) is 15.0 Å². The summed E-state index contributed by atoms with van der Waals surface area (Å²) in [7, 11) is 0. The van der Waals surface area contributed by atoms with E-state index in [1.54, 1.807) is 0 Å². The molecule has 280 valence electrons. The lowest BCUT2D eigenvalue weighted by molar-refractivity contribution is 0.562. The van der Waals surface area contributed by atoms with Crippen LogP contribution in [0.4, 0.5) is 5.69 Å². The third-order valence-electron chi connectivity index (χ3n) is 13.1. The molecule has 0 bridgehead atoms. The Labute approximate surface area is 347 Å². The van der Waals surface area contributed by atoms with E-state index in [-0.39, 0.29) is 11.8 Å². The third kappa shape index (κ3) is 4.94. The van der Waals surface area contributed by atoms with E-state index in [0.717, 1.165) is 72.8 Å². The van der Waals surface area contributed by atoms with Gasteiger partial charge in [0.1, 0.15) is 0 Å². The van der Waals surface area contributed by atoms with E-state index in [4.69, 9.17) is 15.0 Å². The largest absolute Gasteiger partial charge is 0.379 e. The van der Waals surface area contributed by atoms with E-state index in [1.807, 2.05) is 0 Å². The van der Waals surface area contributed by atoms with Crippen molar-refractivity contribution in [2.24, 2.45) is 11.8 Å². The minimum absolute atomic E-state index is 0.190. The van der Waals surface area contributed by atoms with Crippen molar-refractivity contribution >= 4 is 60.4 Å². The Morgan fingerprint density at radius 2 is 1.18 bits per heavy atom. The first-order valence-electron chi connectivity index (χ1n) is 20.8. The number of anilines is 1. The van der Waals surface area contributed by atoms with Crippen molar-refractivity contribution in [3.8, 4) is 22.4 Å². The highest BCUT2D eigenvalue weighted by Gasteiger charge is 2.41. The highest BCUT2D eigenvalue weighted by Crippen LogP contribution is 2.54. The van der Waals surface area contributed by atoms with Crippen LogP contribution < -0.4 is 5.32 Å². The molecule has 0 radical (unpaired) electrons. The Morgan fingerprint density at radius 1 is 0.483 bits per heavy atom. The first kappa shape index (κ1) is 33.3. The normalized spacial score (nSPS) is 18.7. The number of hydrogen-bond donors (Lipinski definition) is 1. The molecule has 0 amide bonds. The zero-order valence-corrected chi connectivity index (χ0v) is 32.6. The molecule has 60 heavy (non-hydrogen) atoms. The molecule has 4 nitrogen and oxygen atoms in total. The lowest BCUT2D eigenvalue weighted by Crippen LogP contribution is -2.31. The Balaban J connectivity index is 0.916. The minimum Gasteiger partial charge on any atom is -0.379 e. The summed E-state index contributed by atoms with van der Waals surface area (Å²) in [5.74, 6) is 0.394. The van der Waals surface area contributed by atoms with Gasteiger partial charge in [0.05, 0.1) is 39.1 Å². The van der Waals surface area contributed by atoms with Gasteiger partial charge in [0.2, 0.25) is 0 Å². The van der Waals surface area contributed by atoms with Crippen LogP contribution in [0.1, 0.15) is 11.3 Å². The lowest BCUT2D eigenvalue weighted by atomic mass is 9.61. The van der Waals surface area contributed by atoms with Crippen molar-refractivity contribution in [2.75, 3.05) is 11.9 Å². The van der Waals surface area contributed by atoms with E-state index >= 15 is 0 Å². The number of fused-ring (bicyclic) bond motifs is 7. The number of nitrogens with one attached hydrogen (secondary N) is 1. The Morgan fingerprint density at radius 3 is 2.07 bits per heavy atom. The molecule has 0 saturated heterocycles. The molecule has 1 aliphatic heterocycles. The quantitative estimate of drug-likeness (QED) is 0.143. The van der Waals surface area contributed by atoms with Gasteiger partial charge in [-0.2, -0.15) is 0 Å². The van der Waals surface area contributed by atoms with Crippen molar-refractivity contribution in [1.82, 2.24) is 15.0 Å². The zero-order chi connectivity index (χ0) is 39.3. The highest BCUT2D eigenvalue weighted by molar-refractivity contribution is 6.16. The molecular weight excluding hydrogens is 729 g/mol. The maximum atomic E-state index is 5.50. The van der Waals surface area contributed by atoms with E-state index < -0.39 is 0 Å². The molecule has 8 aromatic rings. The number of para-hydroxylation sites is 1. The summed E-state index contributed by atoms with van der Waals surface area (Å²) < 4.78 is 0. The number of aromatic nitrogens is 3. The van der Waals surface area contributed by atoms with Crippen LogP contribution >= 0.6 is 0 Å². The molecule has 4 aliphatic carbocycles. The van der Waals surface area contributed by atoms with Crippen molar-refractivity contribution in [1.29, 1.82) is 0 Å². The second-order valence-corrected chi connectivity index (χ2v) is 16.2. The van der Waals surface area contributed by atoms with Crippen molar-refractivity contribution in [2.45, 2.75) is 0 Å². The van der Waals surface area contributed by atoms with E-state index in [0.29, 0.717) is 0 Å². The first-order valence-corrected chi connectivity index (χ1v) is 20.8. The fraction of sp³-hybridized carbons (Fsp3) is 0.0536. The average Bonchev–Trinajstić information content (AvgIpc) is 3.32. The first-order chi connectivity index (χ1) is 29.7. The molecule has 2 atom stereocenters. The van der Waals surface area contributed by atoms with Gasteiger partial charge in [0.25, 0.3) is 0 Å². The minimum atomic E-state index is 0.190. The van der Waals surface area contributed by atoms with Crippen LogP contribution in [0.5, 0.6) is 0 Å². The molecule has 0 fully saturated rings. The fourth-order valence-corrected chi connectivity index (χ4v) is 10.3. The van der Waals surface area contributed by atoms with Crippen molar-refractivity contribution < 1.29 is 0 Å². The predicted molar refractivity (Wildman–Crippen MR) is 248 cm³/mol. The summed E-state index contributed by atoms with van der Waals surface area (Å²) in [6, 6.07) is 47.2. The van der Waals surface area contributed by atoms with Gasteiger partial charge in [-0.05, 0) is 57.2 Å². The topological polar surface area (TPSA) is 50.7 Å². The number of benzene rings is 5. The van der Waals surface area contributed by atoms with Gasteiger partial charge >= 0.3 is 0 Å². The van der Waals surface area contributed by atoms with Gasteiger partial charge in [-0.3, -0.25) is 0 Å². The molecule has 1 N–H and O–H groups in total. The number of allylic oxidation sites excluding steroid dienone is 15. The summed E-state index contributed by atoms with van der Waals surface area (Å²) in [4.78, 5) is 16.0. The van der Waals surface area contributed by atoms with Crippen molar-refractivity contribution in [3.63, 3.8) is 0 Å². The molecule has 3 aromatic heterocycles. The zero-order valence-electron chi connectivity index (χ0n) is 32.6. The summed E-state index contributed by atoms with van der Waals surface area (Å²) >= 11 is 0. The maximum absolute atomic E-state index is 5.50. The van der Waals surface area contributed by atoms with E-state index in [1.165, 1.54) is 55.7 Å². The standard InChI is InChI=1S/C56H36N4/c1-3-9-33(10-4-1)47-29-21-37-19-27-44-40(31-32-57-55(44)53(37)58-47)39-23-15-35-18-26-43-41(24-16-36-17-25-42(39)51(35)52(36)43)49-30-22-38-20-28-46-50(34-11-5-2-6-12-34)45-13-7-8-14-48(45)60-56(46)54(38)59-49/h1-31,51-52,57H,32H2. The summed E-state index contributed by atoms with van der Waals surface area (Å²) in [5, 5.41) is 8.20. The van der Waals surface area contributed by atoms with Gasteiger partial charge in [0.15, 0.2) is 0 Å². The third-order valence-corrected chi connectivity index (χ3v) is 13.1. The number of pyridine rings is 3. The number of hydrogen-bond acceptors (Lipinski definition) is 4. The molecule has 0 spiro atoms. The Bertz CT molecular complexity index is 3470. The van der Waals surface area contributed by atoms with Crippen LogP contribution in [-0.2, 0) is 0 Å². The second kappa shape index (κ2) is 12.9. The van der Waals surface area contributed by atoms with Crippen LogP contribution in [0.15, 0.2) is 216 Å². The van der Waals surface area contributed by atoms with Gasteiger partial charge < -0.3 is 5.32 Å². The smallest absolute Gasteiger partial charge is 0.0978 e. The number of rotatable bonds is 4. The van der Waals surface area contributed by atoms with Crippen LogP contribution in [0.3, 0.4) is 0 Å². The molecular formula is C56H36N4. The van der Waals surface area contributed by atoms with Gasteiger partial charge in [0, 0.05) is 62.2 Å². The molecule has 5 aliphatic rings. The van der Waals surface area contributed by atoms with E-state index in [2.05, 4.69) is 193 Å². The summed E-state index contributed by atoms with van der Waals surface area (Å²) in [6.45, 7) is 0.743. The highest BCUT2D eigenvalue weighted by atomic mass is 14.9. The summed E-state index contributed by atoms with van der Waals surface area (Å²) in [5.41, 5.74) is 20.7. The predicted octanol–water partition coefficient (Wildman–Crippen LogP) is 13.2. The second-order valence-electron chi connectivity index (χ2n) is 16.2. The van der Waals surface area contributed by atoms with Gasteiger partial charge in [-0.1, -0.05) is 170 Å². The van der Waals surface area contributed by atoms with Gasteiger partial charge in [-0.15, -0.1) is 0 Å². The molecule has 5 aromatic carbocycles. The Kier molecular flexibility index (Phi) is 7.16. The lowest BCUT2D eigenvalue weighted by Gasteiger charge is -2.42. The fourth-order valence-electron chi connectivity index (χ4n) is 10.3. The SMILES string of the molecule is C1=CC2=C(c3ccc4ccc5c(-c6ccccc6)c6ccccc6nc5c4n3)C=CC3=CC=C4C(C5=CCNc6c5ccc5ccc(-c7ccccc7)nc65)=CC=C1C4C32. The molecule has 2 unspecified atom stereocenters. The molecule has 4 heterocycles. The average molecular weight is 765 g/mol. The molecule has 13 rings (SSSR count). The molecule has 0 saturated carbocycles. The van der Waals surface area contributed by atoms with Crippen LogP contribution in [0.25, 0.3) is 77.1 Å². The molecule has 4 heteroatoms. The van der Waals surface area contributed by atoms with Crippen LogP contribution in [-0.4, -0.2) is 21.5 Å². The monoisotopic (exact) mass is 764 g/mol. The van der Waals surface area contributed by atoms with Crippen LogP contribution in [0, 0.1) is 11.8 Å². The maximum Gasteiger partial charge on any atom is 0.0978 e. The summed E-state index contributed by atoms with van der Waals surface area (Å²) in [6.07, 6.45) is 21.0. The van der Waals surface area contributed by atoms with Crippen LogP contribution in [0.2, 0.25) is 0 Å².